The van der Waals surface area contributed by atoms with Gasteiger partial charge in [0.15, 0.2) is 12.0 Å². The molecule has 5 nitrogen and oxygen atoms in total. The van der Waals surface area contributed by atoms with Crippen LogP contribution in [0.1, 0.15) is 30.1 Å². The van der Waals surface area contributed by atoms with Gasteiger partial charge in [0.1, 0.15) is 6.07 Å². The molecule has 0 unspecified atom stereocenters. The molecule has 0 saturated carbocycles. The van der Waals surface area contributed by atoms with Gasteiger partial charge < -0.3 is 15.4 Å². The average Bonchev–Trinajstić information content (AvgIpc) is 2.87. The van der Waals surface area contributed by atoms with E-state index < -0.39 is 11.5 Å². The summed E-state index contributed by atoms with van der Waals surface area (Å²) >= 11 is 0. The molecule has 1 spiro atoms. The number of rotatable bonds is 3. The molecular weight excluding hydrogens is 290 g/mol. The van der Waals surface area contributed by atoms with E-state index in [1.807, 2.05) is 18.2 Å². The molecule has 120 valence electrons. The molecule has 1 saturated heterocycles. The molecular formula is C18H21N3O2. The Labute approximate surface area is 136 Å². The molecule has 5 heteroatoms. The highest BCUT2D eigenvalue weighted by atomic mass is 16.5. The zero-order valence-electron chi connectivity index (χ0n) is 13.3. The largest absolute Gasteiger partial charge is 0.466 e. The van der Waals surface area contributed by atoms with Crippen molar-refractivity contribution >= 4 is 5.78 Å². The third kappa shape index (κ3) is 2.49. The fourth-order valence-corrected chi connectivity index (χ4v) is 3.68. The summed E-state index contributed by atoms with van der Waals surface area (Å²) in [6.07, 6.45) is 0.736. The summed E-state index contributed by atoms with van der Waals surface area (Å²) in [5, 5.41) is 9.55. The smallest absolute Gasteiger partial charge is 0.204 e. The van der Waals surface area contributed by atoms with Crippen molar-refractivity contribution < 1.29 is 9.53 Å². The van der Waals surface area contributed by atoms with E-state index in [0.717, 1.165) is 19.6 Å². The molecule has 0 radical (unpaired) electrons. The Morgan fingerprint density at radius 2 is 2.04 bits per heavy atom. The monoisotopic (exact) mass is 311 g/mol. The first-order valence-electron chi connectivity index (χ1n) is 8.01. The summed E-state index contributed by atoms with van der Waals surface area (Å²) in [7, 11) is 0. The number of benzene rings is 1. The zero-order valence-corrected chi connectivity index (χ0v) is 13.3. The molecule has 1 atom stereocenters. The molecule has 2 aliphatic heterocycles. The third-order valence-electron chi connectivity index (χ3n) is 5.09. The second-order valence-corrected chi connectivity index (χ2v) is 6.17. The highest BCUT2D eigenvalue weighted by Crippen LogP contribution is 2.49. The average molecular weight is 311 g/mol. The summed E-state index contributed by atoms with van der Waals surface area (Å²) in [4.78, 5) is 15.3. The van der Waals surface area contributed by atoms with Crippen molar-refractivity contribution in [1.82, 2.24) is 4.90 Å². The highest BCUT2D eigenvalue weighted by Gasteiger charge is 2.55. The van der Waals surface area contributed by atoms with E-state index in [-0.39, 0.29) is 11.7 Å². The maximum Gasteiger partial charge on any atom is 0.204 e. The summed E-state index contributed by atoms with van der Waals surface area (Å²) in [5.74, 6) is 0.0236. The van der Waals surface area contributed by atoms with E-state index in [0.29, 0.717) is 24.0 Å². The number of Topliss-reactive ketones (excluding diaryl/α,β-unsaturated/α-hetero) is 1. The van der Waals surface area contributed by atoms with E-state index in [4.69, 9.17) is 10.5 Å². The first-order valence-corrected chi connectivity index (χ1v) is 8.01. The number of nitriles is 1. The van der Waals surface area contributed by atoms with Gasteiger partial charge in [0.05, 0.1) is 11.0 Å². The van der Waals surface area contributed by atoms with Gasteiger partial charge in [0.25, 0.3) is 0 Å². The molecule has 3 rings (SSSR count). The van der Waals surface area contributed by atoms with Crippen LogP contribution in [0, 0.1) is 16.7 Å². The molecule has 0 bridgehead atoms. The van der Waals surface area contributed by atoms with Crippen molar-refractivity contribution in [2.24, 2.45) is 11.1 Å². The Balaban J connectivity index is 1.95. The van der Waals surface area contributed by atoms with Crippen LogP contribution in [-0.2, 0) is 4.74 Å². The summed E-state index contributed by atoms with van der Waals surface area (Å²) in [6, 6.07) is 11.3. The Morgan fingerprint density at radius 1 is 1.39 bits per heavy atom. The van der Waals surface area contributed by atoms with Crippen LogP contribution in [0.15, 0.2) is 41.8 Å². The van der Waals surface area contributed by atoms with Gasteiger partial charge in [-0.25, -0.2) is 0 Å². The van der Waals surface area contributed by atoms with Crippen LogP contribution < -0.4 is 5.73 Å². The van der Waals surface area contributed by atoms with Gasteiger partial charge in [-0.1, -0.05) is 37.3 Å². The number of carbonyl (C=O) groups is 1. The number of nitrogens with zero attached hydrogens (tertiary/aromatic N) is 2. The first-order chi connectivity index (χ1) is 11.1. The fraction of sp³-hybridized carbons (Fsp3) is 0.444. The lowest BCUT2D eigenvalue weighted by Crippen LogP contribution is -2.48. The van der Waals surface area contributed by atoms with Crippen molar-refractivity contribution in [3.8, 4) is 6.07 Å². The van der Waals surface area contributed by atoms with E-state index in [1.165, 1.54) is 0 Å². The van der Waals surface area contributed by atoms with Crippen LogP contribution in [0.3, 0.4) is 0 Å². The minimum Gasteiger partial charge on any atom is -0.466 e. The van der Waals surface area contributed by atoms with Gasteiger partial charge in [-0.2, -0.15) is 5.26 Å². The summed E-state index contributed by atoms with van der Waals surface area (Å²) in [6.45, 7) is 4.77. The molecule has 2 aliphatic rings. The highest BCUT2D eigenvalue weighted by molar-refractivity contribution is 6.00. The number of piperidine rings is 1. The Hall–Kier alpha value is -2.32. The molecule has 1 aromatic carbocycles. The quantitative estimate of drug-likeness (QED) is 0.864. The van der Waals surface area contributed by atoms with E-state index >= 15 is 0 Å². The lowest BCUT2D eigenvalue weighted by atomic mass is 9.68. The number of ketones is 1. The van der Waals surface area contributed by atoms with Crippen molar-refractivity contribution in [2.45, 2.75) is 25.9 Å². The Kier molecular flexibility index (Phi) is 4.10. The standard InChI is InChI=1S/C18H21N3O2/c1-2-21-10-8-18(9-11-21)14(12-19)17(20)23-16(18)15(22)13-6-4-3-5-7-13/h3-7,16H,2,8-11,20H2,1H3/t16-/m0/s1. The van der Waals surface area contributed by atoms with Crippen molar-refractivity contribution in [3.63, 3.8) is 0 Å². The van der Waals surface area contributed by atoms with Crippen LogP contribution in [0.25, 0.3) is 0 Å². The lowest BCUT2D eigenvalue weighted by molar-refractivity contribution is 0.0184. The number of ether oxygens (including phenoxy) is 1. The molecule has 0 aliphatic carbocycles. The SMILES string of the molecule is CCN1CCC2(CC1)C(C#N)=C(N)O[C@H]2C(=O)c1ccccc1. The van der Waals surface area contributed by atoms with Crippen LogP contribution >= 0.6 is 0 Å². The van der Waals surface area contributed by atoms with E-state index in [9.17, 15) is 10.1 Å². The molecule has 1 aromatic rings. The third-order valence-corrected chi connectivity index (χ3v) is 5.09. The van der Waals surface area contributed by atoms with Gasteiger partial charge >= 0.3 is 0 Å². The van der Waals surface area contributed by atoms with Crippen LogP contribution in [0.2, 0.25) is 0 Å². The first kappa shape index (κ1) is 15.6. The van der Waals surface area contributed by atoms with Crippen molar-refractivity contribution in [3.05, 3.63) is 47.4 Å². The normalized spacial score (nSPS) is 23.6. The molecule has 23 heavy (non-hydrogen) atoms. The fourth-order valence-electron chi connectivity index (χ4n) is 3.68. The van der Waals surface area contributed by atoms with Crippen LogP contribution in [-0.4, -0.2) is 36.4 Å². The van der Waals surface area contributed by atoms with Gasteiger partial charge in [0.2, 0.25) is 5.78 Å². The van der Waals surface area contributed by atoms with Crippen molar-refractivity contribution in [1.29, 1.82) is 5.26 Å². The van der Waals surface area contributed by atoms with Crippen molar-refractivity contribution in [2.75, 3.05) is 19.6 Å². The maximum atomic E-state index is 12.9. The Bertz CT molecular complexity index is 667. The van der Waals surface area contributed by atoms with Gasteiger partial charge in [-0.3, -0.25) is 4.79 Å². The Morgan fingerprint density at radius 3 is 2.61 bits per heavy atom. The number of carbonyl (C=O) groups excluding carboxylic acids is 1. The second kappa shape index (κ2) is 6.05. The van der Waals surface area contributed by atoms with E-state index in [2.05, 4.69) is 17.9 Å². The number of nitrogens with two attached hydrogens (primary N) is 1. The minimum atomic E-state index is -0.696. The predicted octanol–water partition coefficient (Wildman–Crippen LogP) is 2.06. The molecule has 1 fully saturated rings. The maximum absolute atomic E-state index is 12.9. The van der Waals surface area contributed by atoms with Crippen LogP contribution in [0.5, 0.6) is 0 Å². The number of hydrogen-bond acceptors (Lipinski definition) is 5. The molecule has 2 heterocycles. The summed E-state index contributed by atoms with van der Waals surface area (Å²) < 4.78 is 5.71. The number of likely N-dealkylation sites (tertiary alicyclic amines) is 1. The molecule has 2 N–H and O–H groups in total. The number of hydrogen-bond donors (Lipinski definition) is 1. The second-order valence-electron chi connectivity index (χ2n) is 6.17. The van der Waals surface area contributed by atoms with Gasteiger partial charge in [-0.15, -0.1) is 0 Å². The topological polar surface area (TPSA) is 79.3 Å². The predicted molar refractivity (Wildman–Crippen MR) is 86.3 cm³/mol. The zero-order chi connectivity index (χ0) is 16.4. The van der Waals surface area contributed by atoms with E-state index in [1.54, 1.807) is 12.1 Å². The van der Waals surface area contributed by atoms with Gasteiger partial charge in [0, 0.05) is 5.56 Å². The van der Waals surface area contributed by atoms with Gasteiger partial charge in [-0.05, 0) is 32.5 Å². The van der Waals surface area contributed by atoms with Crippen LogP contribution in [0.4, 0.5) is 0 Å². The molecule has 0 aromatic heterocycles. The minimum absolute atomic E-state index is 0.0938. The summed E-state index contributed by atoms with van der Waals surface area (Å²) in [5.41, 5.74) is 6.40. The lowest BCUT2D eigenvalue weighted by Gasteiger charge is -2.40. The molecule has 0 amide bonds.